The summed E-state index contributed by atoms with van der Waals surface area (Å²) in [6.07, 6.45) is 2.06. The Morgan fingerprint density at radius 1 is 1.50 bits per heavy atom. The number of sulfone groups is 1. The van der Waals surface area contributed by atoms with E-state index in [1.807, 2.05) is 11.0 Å². The normalized spacial score (nSPS) is 20.3. The minimum atomic E-state index is -3.31. The van der Waals surface area contributed by atoms with E-state index in [1.165, 1.54) is 6.07 Å². The van der Waals surface area contributed by atoms with Crippen LogP contribution < -0.4 is 10.6 Å². The third-order valence-electron chi connectivity index (χ3n) is 3.33. The molecule has 0 bridgehead atoms. The molecule has 1 atom stereocenters. The van der Waals surface area contributed by atoms with E-state index in [-0.39, 0.29) is 17.4 Å². The van der Waals surface area contributed by atoms with Gasteiger partial charge in [0.2, 0.25) is 0 Å². The van der Waals surface area contributed by atoms with E-state index in [2.05, 4.69) is 0 Å². The van der Waals surface area contributed by atoms with E-state index in [1.54, 1.807) is 6.07 Å². The number of hydrogen-bond acceptors (Lipinski definition) is 5. The van der Waals surface area contributed by atoms with Crippen molar-refractivity contribution in [2.75, 3.05) is 36.6 Å². The van der Waals surface area contributed by atoms with Gasteiger partial charge >= 0.3 is 0 Å². The van der Waals surface area contributed by atoms with Gasteiger partial charge in [0, 0.05) is 31.9 Å². The Morgan fingerprint density at radius 2 is 2.22 bits per heavy atom. The van der Waals surface area contributed by atoms with Crippen molar-refractivity contribution in [1.29, 1.82) is 0 Å². The van der Waals surface area contributed by atoms with Gasteiger partial charge in [0.1, 0.15) is 0 Å². The zero-order chi connectivity index (χ0) is 13.3. The standard InChI is InChI=1S/C12H18N2O3S/c1-18(16,17)11-4-2-3-10(12(11)13)14-6-5-9(7-14)8-15/h2-4,9,15H,5-8,13H2,1H3. The summed E-state index contributed by atoms with van der Waals surface area (Å²) in [5, 5.41) is 9.13. The number of para-hydroxylation sites is 1. The molecule has 0 aromatic heterocycles. The molecular weight excluding hydrogens is 252 g/mol. The third kappa shape index (κ3) is 2.44. The minimum Gasteiger partial charge on any atom is -0.396 e. The minimum absolute atomic E-state index is 0.155. The van der Waals surface area contributed by atoms with Crippen molar-refractivity contribution in [2.45, 2.75) is 11.3 Å². The Hall–Kier alpha value is -1.27. The van der Waals surface area contributed by atoms with Crippen LogP contribution in [0.2, 0.25) is 0 Å². The Morgan fingerprint density at radius 3 is 2.78 bits per heavy atom. The number of aliphatic hydroxyl groups is 1. The van der Waals surface area contributed by atoms with Crippen LogP contribution in [-0.4, -0.2) is 39.5 Å². The van der Waals surface area contributed by atoms with Crippen LogP contribution in [0.15, 0.2) is 23.1 Å². The van der Waals surface area contributed by atoms with Crippen LogP contribution in [0.1, 0.15) is 6.42 Å². The lowest BCUT2D eigenvalue weighted by Gasteiger charge is -2.21. The van der Waals surface area contributed by atoms with Crippen LogP contribution in [0.3, 0.4) is 0 Å². The Labute approximate surface area is 107 Å². The molecule has 2 rings (SSSR count). The highest BCUT2D eigenvalue weighted by Gasteiger charge is 2.25. The average Bonchev–Trinajstić information content (AvgIpc) is 2.76. The first-order valence-electron chi connectivity index (χ1n) is 5.88. The summed E-state index contributed by atoms with van der Waals surface area (Å²) in [4.78, 5) is 2.21. The van der Waals surface area contributed by atoms with Gasteiger partial charge in [0.15, 0.2) is 9.84 Å². The van der Waals surface area contributed by atoms with Crippen molar-refractivity contribution in [3.05, 3.63) is 18.2 Å². The summed E-state index contributed by atoms with van der Waals surface area (Å²) in [6.45, 7) is 1.67. The molecule has 3 N–H and O–H groups in total. The van der Waals surface area contributed by atoms with E-state index in [0.717, 1.165) is 24.9 Å². The maximum atomic E-state index is 11.6. The summed E-state index contributed by atoms with van der Waals surface area (Å²) in [6, 6.07) is 5.05. The number of benzene rings is 1. The molecule has 5 nitrogen and oxygen atoms in total. The summed E-state index contributed by atoms with van der Waals surface area (Å²) in [5.41, 5.74) is 7.00. The van der Waals surface area contributed by atoms with Gasteiger partial charge in [-0.05, 0) is 18.6 Å². The molecule has 0 amide bonds. The van der Waals surface area contributed by atoms with Gasteiger partial charge in [-0.3, -0.25) is 0 Å². The van der Waals surface area contributed by atoms with E-state index in [0.29, 0.717) is 12.2 Å². The maximum absolute atomic E-state index is 11.6. The summed E-state index contributed by atoms with van der Waals surface area (Å²) >= 11 is 0. The Balaban J connectivity index is 2.36. The number of hydrogen-bond donors (Lipinski definition) is 2. The third-order valence-corrected chi connectivity index (χ3v) is 4.48. The molecule has 1 aromatic carbocycles. The molecule has 1 aliphatic heterocycles. The van der Waals surface area contributed by atoms with Gasteiger partial charge in [-0.2, -0.15) is 0 Å². The molecule has 1 fully saturated rings. The molecule has 1 aromatic rings. The van der Waals surface area contributed by atoms with Gasteiger partial charge in [-0.15, -0.1) is 0 Å². The highest BCUT2D eigenvalue weighted by atomic mass is 32.2. The quantitative estimate of drug-likeness (QED) is 0.781. The molecule has 0 spiro atoms. The SMILES string of the molecule is CS(=O)(=O)c1cccc(N2CCC(CO)C2)c1N. The lowest BCUT2D eigenvalue weighted by molar-refractivity contribution is 0.238. The van der Waals surface area contributed by atoms with E-state index in [4.69, 9.17) is 10.8 Å². The molecule has 0 saturated carbocycles. The molecule has 1 heterocycles. The van der Waals surface area contributed by atoms with Gasteiger partial charge < -0.3 is 15.7 Å². The fraction of sp³-hybridized carbons (Fsp3) is 0.500. The summed E-state index contributed by atoms with van der Waals surface area (Å²) < 4.78 is 23.2. The predicted molar refractivity (Wildman–Crippen MR) is 71.4 cm³/mol. The topological polar surface area (TPSA) is 83.6 Å². The fourth-order valence-electron chi connectivity index (χ4n) is 2.33. The summed E-state index contributed by atoms with van der Waals surface area (Å²) in [5.74, 6) is 0.242. The lowest BCUT2D eigenvalue weighted by Crippen LogP contribution is -2.22. The van der Waals surface area contributed by atoms with Crippen LogP contribution in [0.25, 0.3) is 0 Å². The van der Waals surface area contributed by atoms with E-state index < -0.39 is 9.84 Å². The highest BCUT2D eigenvalue weighted by molar-refractivity contribution is 7.90. The predicted octanol–water partition coefficient (Wildman–Crippen LogP) is 0.491. The van der Waals surface area contributed by atoms with Crippen molar-refractivity contribution in [3.63, 3.8) is 0 Å². The van der Waals surface area contributed by atoms with Crippen LogP contribution >= 0.6 is 0 Å². The Kier molecular flexibility index (Phi) is 3.49. The number of aliphatic hydroxyl groups excluding tert-OH is 1. The van der Waals surface area contributed by atoms with Crippen molar-refractivity contribution >= 4 is 21.2 Å². The second-order valence-electron chi connectivity index (χ2n) is 4.74. The second-order valence-corrected chi connectivity index (χ2v) is 6.73. The van der Waals surface area contributed by atoms with Gasteiger partial charge in [-0.25, -0.2) is 8.42 Å². The van der Waals surface area contributed by atoms with Crippen molar-refractivity contribution in [3.8, 4) is 0 Å². The molecule has 1 unspecified atom stereocenters. The smallest absolute Gasteiger partial charge is 0.177 e. The molecular formula is C12H18N2O3S. The number of anilines is 2. The molecule has 100 valence electrons. The molecule has 0 aliphatic carbocycles. The van der Waals surface area contributed by atoms with Crippen LogP contribution in [-0.2, 0) is 9.84 Å². The number of nitrogen functional groups attached to an aromatic ring is 1. The number of nitrogens with zero attached hydrogens (tertiary/aromatic N) is 1. The van der Waals surface area contributed by atoms with Crippen LogP contribution in [0, 0.1) is 5.92 Å². The first-order valence-corrected chi connectivity index (χ1v) is 7.77. The first-order chi connectivity index (χ1) is 8.43. The fourth-order valence-corrected chi connectivity index (χ4v) is 3.16. The van der Waals surface area contributed by atoms with E-state index >= 15 is 0 Å². The van der Waals surface area contributed by atoms with Crippen LogP contribution in [0.5, 0.6) is 0 Å². The first kappa shape index (κ1) is 13.2. The Bertz CT molecular complexity index is 542. The van der Waals surface area contributed by atoms with Crippen molar-refractivity contribution in [1.82, 2.24) is 0 Å². The monoisotopic (exact) mass is 270 g/mol. The number of nitrogens with two attached hydrogens (primary N) is 1. The zero-order valence-electron chi connectivity index (χ0n) is 10.3. The molecule has 1 aliphatic rings. The van der Waals surface area contributed by atoms with Gasteiger partial charge in [0.05, 0.1) is 16.3 Å². The largest absolute Gasteiger partial charge is 0.396 e. The molecule has 6 heteroatoms. The number of rotatable bonds is 3. The highest BCUT2D eigenvalue weighted by Crippen LogP contribution is 2.32. The van der Waals surface area contributed by atoms with Gasteiger partial charge in [0.25, 0.3) is 0 Å². The molecule has 0 radical (unpaired) electrons. The zero-order valence-corrected chi connectivity index (χ0v) is 11.2. The van der Waals surface area contributed by atoms with Crippen LogP contribution in [0.4, 0.5) is 11.4 Å². The average molecular weight is 270 g/mol. The lowest BCUT2D eigenvalue weighted by atomic mass is 10.1. The molecule has 18 heavy (non-hydrogen) atoms. The second kappa shape index (κ2) is 4.78. The van der Waals surface area contributed by atoms with Crippen molar-refractivity contribution < 1.29 is 13.5 Å². The summed E-state index contributed by atoms with van der Waals surface area (Å²) in [7, 11) is -3.31. The van der Waals surface area contributed by atoms with E-state index in [9.17, 15) is 8.42 Å². The van der Waals surface area contributed by atoms with Crippen molar-refractivity contribution in [2.24, 2.45) is 5.92 Å². The van der Waals surface area contributed by atoms with Gasteiger partial charge in [-0.1, -0.05) is 6.07 Å². The molecule has 1 saturated heterocycles. The maximum Gasteiger partial charge on any atom is 0.177 e.